The molecule has 0 bridgehead atoms. The maximum Gasteiger partial charge on any atom is 0.305 e. The van der Waals surface area contributed by atoms with Crippen molar-refractivity contribution in [1.82, 2.24) is 10.6 Å². The van der Waals surface area contributed by atoms with Gasteiger partial charge in [-0.15, -0.1) is 0 Å². The summed E-state index contributed by atoms with van der Waals surface area (Å²) in [6.07, 6.45) is -8.91. The Labute approximate surface area is 388 Å². The molecule has 0 aliphatic carbocycles. The van der Waals surface area contributed by atoms with Gasteiger partial charge in [-0.25, -0.2) is 0 Å². The molecule has 0 aromatic carbocycles. The molecule has 0 spiro atoms. The Hall–Kier alpha value is -4.15. The van der Waals surface area contributed by atoms with Gasteiger partial charge >= 0.3 is 23.9 Å². The Kier molecular flexibility index (Phi) is 28.6. The van der Waals surface area contributed by atoms with Crippen molar-refractivity contribution in [3.05, 3.63) is 10.4 Å². The fraction of sp³-hybridized carbons (Fsp3) is 0.864. The second kappa shape index (κ2) is 32.5. The molecular weight excluding hydrogens is 871 g/mol. The molecule has 378 valence electrons. The van der Waals surface area contributed by atoms with E-state index >= 15 is 0 Å². The van der Waals surface area contributed by atoms with Gasteiger partial charge in [0, 0.05) is 50.4 Å². The van der Waals surface area contributed by atoms with Crippen LogP contribution in [0.3, 0.4) is 0 Å². The second-order valence-electron chi connectivity index (χ2n) is 15.8. The van der Waals surface area contributed by atoms with Crippen molar-refractivity contribution in [2.24, 2.45) is 5.11 Å². The number of aliphatic hydroxyl groups is 1. The molecule has 66 heavy (non-hydrogen) atoms. The smallest absolute Gasteiger partial charge is 0.305 e. The summed E-state index contributed by atoms with van der Waals surface area (Å²) in [5.74, 6) is -3.51. The molecular formula is C44H75N5O17. The average molecular weight is 946 g/mol. The van der Waals surface area contributed by atoms with Crippen LogP contribution >= 0.6 is 0 Å². The number of hydrogen-bond acceptors (Lipinski definition) is 18. The number of hydrogen-bond donors (Lipinski definition) is 3. The van der Waals surface area contributed by atoms with E-state index in [9.17, 15) is 33.9 Å². The van der Waals surface area contributed by atoms with Gasteiger partial charge in [-0.1, -0.05) is 73.3 Å². The molecule has 0 saturated carbocycles. The molecule has 2 rings (SSSR count). The van der Waals surface area contributed by atoms with Crippen LogP contribution in [0.1, 0.15) is 132 Å². The zero-order valence-electron chi connectivity index (χ0n) is 40.0. The van der Waals surface area contributed by atoms with Crippen LogP contribution in [0.4, 0.5) is 0 Å². The minimum absolute atomic E-state index is 0.0517. The second-order valence-corrected chi connectivity index (χ2v) is 15.8. The molecule has 3 N–H and O–H groups in total. The number of azide groups is 1. The molecule has 2 aliphatic rings. The van der Waals surface area contributed by atoms with E-state index in [1.165, 1.54) is 0 Å². The van der Waals surface area contributed by atoms with Crippen molar-refractivity contribution >= 4 is 35.7 Å². The van der Waals surface area contributed by atoms with Crippen molar-refractivity contribution in [3.8, 4) is 0 Å². The van der Waals surface area contributed by atoms with Crippen LogP contribution < -0.4 is 10.6 Å². The minimum Gasteiger partial charge on any atom is -0.462 e. The quantitative estimate of drug-likeness (QED) is 0.0214. The van der Waals surface area contributed by atoms with E-state index in [0.717, 1.165) is 19.3 Å². The number of amides is 2. The Balaban J connectivity index is 2.67. The Morgan fingerprint density at radius 3 is 1.64 bits per heavy atom. The highest BCUT2D eigenvalue weighted by Crippen LogP contribution is 2.31. The predicted molar refractivity (Wildman–Crippen MR) is 234 cm³/mol. The molecule has 2 amide bonds. The van der Waals surface area contributed by atoms with E-state index in [-0.39, 0.29) is 64.9 Å². The van der Waals surface area contributed by atoms with Crippen LogP contribution in [0.2, 0.25) is 0 Å². The Morgan fingerprint density at radius 1 is 0.621 bits per heavy atom. The predicted octanol–water partition coefficient (Wildman–Crippen LogP) is 4.00. The van der Waals surface area contributed by atoms with Crippen LogP contribution in [0.5, 0.6) is 0 Å². The van der Waals surface area contributed by atoms with Crippen LogP contribution in [0.15, 0.2) is 5.11 Å². The molecule has 0 aromatic heterocycles. The average Bonchev–Trinajstić information content (AvgIpc) is 3.31. The molecule has 0 radical (unpaired) electrons. The maximum atomic E-state index is 13.7. The lowest BCUT2D eigenvalue weighted by Crippen LogP contribution is -2.68. The first-order chi connectivity index (χ1) is 31.7. The topological polar surface area (TPSA) is 288 Å². The molecule has 2 aliphatic heterocycles. The largest absolute Gasteiger partial charge is 0.462 e. The lowest BCUT2D eigenvalue weighted by molar-refractivity contribution is -0.309. The van der Waals surface area contributed by atoms with Crippen molar-refractivity contribution in [3.63, 3.8) is 0 Å². The lowest BCUT2D eigenvalue weighted by atomic mass is 9.95. The summed E-state index contributed by atoms with van der Waals surface area (Å²) in [6.45, 7) is 13.5. The Morgan fingerprint density at radius 2 is 1.12 bits per heavy atom. The number of rotatable bonds is 32. The number of ether oxygens (including phenoxy) is 10. The first-order valence-electron chi connectivity index (χ1n) is 23.5. The molecule has 22 heteroatoms. The van der Waals surface area contributed by atoms with Crippen molar-refractivity contribution < 1.29 is 81.2 Å². The summed E-state index contributed by atoms with van der Waals surface area (Å²) < 4.78 is 60.2. The van der Waals surface area contributed by atoms with Crippen molar-refractivity contribution in [2.75, 3.05) is 39.6 Å². The fourth-order valence-electron chi connectivity index (χ4n) is 6.87. The van der Waals surface area contributed by atoms with E-state index in [4.69, 9.17) is 52.9 Å². The van der Waals surface area contributed by atoms with Gasteiger partial charge in [-0.2, -0.15) is 0 Å². The van der Waals surface area contributed by atoms with E-state index in [0.29, 0.717) is 25.9 Å². The van der Waals surface area contributed by atoms with Gasteiger partial charge in [0.1, 0.15) is 48.7 Å². The van der Waals surface area contributed by atoms with E-state index in [1.807, 2.05) is 13.8 Å². The van der Waals surface area contributed by atoms with Gasteiger partial charge in [-0.3, -0.25) is 28.8 Å². The third kappa shape index (κ3) is 20.0. The first-order valence-corrected chi connectivity index (χ1v) is 23.5. The Bertz CT molecular complexity index is 1540. The minimum atomic E-state index is -1.50. The van der Waals surface area contributed by atoms with Gasteiger partial charge in [0.2, 0.25) is 11.8 Å². The van der Waals surface area contributed by atoms with Gasteiger partial charge in [0.05, 0.1) is 32.7 Å². The van der Waals surface area contributed by atoms with Crippen LogP contribution in [0.25, 0.3) is 10.4 Å². The maximum absolute atomic E-state index is 13.7. The molecule has 4 unspecified atom stereocenters. The van der Waals surface area contributed by atoms with Gasteiger partial charge < -0.3 is 63.1 Å². The molecule has 12 atom stereocenters. The first kappa shape index (κ1) is 58.0. The van der Waals surface area contributed by atoms with Gasteiger partial charge in [-0.05, 0) is 31.2 Å². The number of unbranched alkanes of at least 4 members (excludes halogenated alkanes) is 2. The summed E-state index contributed by atoms with van der Waals surface area (Å²) >= 11 is 0. The molecule has 22 nitrogen and oxygen atoms in total. The monoisotopic (exact) mass is 946 g/mol. The van der Waals surface area contributed by atoms with E-state index in [2.05, 4.69) is 20.7 Å². The van der Waals surface area contributed by atoms with Gasteiger partial charge in [0.15, 0.2) is 24.8 Å². The number of carbonyl (C=O) groups excluding carboxylic acids is 6. The molecule has 2 heterocycles. The molecule has 2 fully saturated rings. The van der Waals surface area contributed by atoms with Crippen molar-refractivity contribution in [1.29, 1.82) is 0 Å². The van der Waals surface area contributed by atoms with E-state index < -0.39 is 116 Å². The molecule has 0 aromatic rings. The third-order valence-electron chi connectivity index (χ3n) is 10.7. The van der Waals surface area contributed by atoms with Crippen LogP contribution in [-0.4, -0.2) is 154 Å². The lowest BCUT2D eigenvalue weighted by Gasteiger charge is -2.47. The third-order valence-corrected chi connectivity index (χ3v) is 10.7. The summed E-state index contributed by atoms with van der Waals surface area (Å²) in [7, 11) is 0. The standard InChI is InChI=1S/C44H75N5O17/c1-9-17-20-57-25-29-39(56)41(65-35(54)15-7)37(47-31(50)23-27(11-3)61-33(52)13-5)44(63-29)60-26-30-40(58-21-18-10-2)42(66-36(55)16-8)38(43(64-30)59-22-19-46-49-45)48-32(51)24-28(12-4)62-34(53)14-6/h27-30,37-44,56H,9-26H2,1-8H3,(H,47,50)(H,48,51)/t27-,28-,29?,30?,37+,38?,39-,40-,41?,42-,43-,44-/m1/s1. The van der Waals surface area contributed by atoms with Crippen molar-refractivity contribution in [2.45, 2.75) is 206 Å². The highest BCUT2D eigenvalue weighted by atomic mass is 16.7. The van der Waals surface area contributed by atoms with Crippen LogP contribution in [0, 0.1) is 0 Å². The van der Waals surface area contributed by atoms with Gasteiger partial charge in [0.25, 0.3) is 0 Å². The number of esters is 4. The highest BCUT2D eigenvalue weighted by Gasteiger charge is 2.53. The number of carbonyl (C=O) groups is 6. The number of aliphatic hydroxyl groups excluding tert-OH is 1. The zero-order chi connectivity index (χ0) is 49.0. The molecule has 2 saturated heterocycles. The van der Waals surface area contributed by atoms with Crippen LogP contribution in [-0.2, 0) is 76.1 Å². The fourth-order valence-corrected chi connectivity index (χ4v) is 6.87. The van der Waals surface area contributed by atoms with E-state index in [1.54, 1.807) is 41.5 Å². The summed E-state index contributed by atoms with van der Waals surface area (Å²) in [6, 6.07) is -2.56. The zero-order valence-corrected chi connectivity index (χ0v) is 40.0. The SMILES string of the molecule is CCCCOCC1O[C@@H](OCC2O[C@@H](OCCN=[N+]=[N-])C(NC(=O)C[C@@H](CC)OC(=O)CC)[C@@H](OC(=O)CC)[C@@H]2OCCCC)[C@@H](NC(=O)C[C@@H](CC)OC(=O)CC)C(OC(=O)CC)[C@@H]1O. The number of nitrogens with one attached hydrogen (secondary N) is 2. The number of nitrogens with zero attached hydrogens (tertiary/aromatic N) is 3. The summed E-state index contributed by atoms with van der Waals surface area (Å²) in [5, 5.41) is 20.8. The summed E-state index contributed by atoms with van der Waals surface area (Å²) in [5.41, 5.74) is 8.95. The normalized spacial score (nSPS) is 25.9. The highest BCUT2D eigenvalue weighted by molar-refractivity contribution is 5.78. The summed E-state index contributed by atoms with van der Waals surface area (Å²) in [4.78, 5) is 80.5.